The third-order valence-electron chi connectivity index (χ3n) is 6.10. The van der Waals surface area contributed by atoms with Gasteiger partial charge in [0.25, 0.3) is 0 Å². The monoisotopic (exact) mass is 414 g/mol. The summed E-state index contributed by atoms with van der Waals surface area (Å²) in [6.07, 6.45) is 2.62. The number of hydrogen-bond donors (Lipinski definition) is 1. The summed E-state index contributed by atoms with van der Waals surface area (Å²) >= 11 is 6.13. The number of amides is 2. The summed E-state index contributed by atoms with van der Waals surface area (Å²) in [6, 6.07) is 11.2. The van der Waals surface area contributed by atoms with Crippen molar-refractivity contribution < 1.29 is 14.0 Å². The summed E-state index contributed by atoms with van der Waals surface area (Å²) in [7, 11) is 0. The van der Waals surface area contributed by atoms with Crippen LogP contribution in [0.15, 0.2) is 36.4 Å². The summed E-state index contributed by atoms with van der Waals surface area (Å²) in [5.41, 5.74) is 3.58. The number of nitrogens with zero attached hydrogens (tertiary/aromatic N) is 1. The largest absolute Gasteiger partial charge is 0.369 e. The van der Waals surface area contributed by atoms with Gasteiger partial charge in [-0.2, -0.15) is 0 Å². The number of anilines is 1. The van der Waals surface area contributed by atoms with Crippen LogP contribution in [0.3, 0.4) is 0 Å². The van der Waals surface area contributed by atoms with E-state index in [0.717, 1.165) is 36.5 Å². The lowest BCUT2D eigenvalue weighted by atomic mass is 9.88. The Kier molecular flexibility index (Phi) is 5.59. The van der Waals surface area contributed by atoms with Gasteiger partial charge in [-0.05, 0) is 67.0 Å². The van der Waals surface area contributed by atoms with Crippen LogP contribution in [0.4, 0.5) is 10.1 Å². The molecule has 152 valence electrons. The van der Waals surface area contributed by atoms with Crippen LogP contribution in [-0.4, -0.2) is 24.9 Å². The molecular formula is C23H24ClFN2O2. The first-order valence-corrected chi connectivity index (χ1v) is 10.4. The van der Waals surface area contributed by atoms with Crippen LogP contribution in [0.5, 0.6) is 0 Å². The van der Waals surface area contributed by atoms with Gasteiger partial charge in [0.15, 0.2) is 0 Å². The molecule has 29 heavy (non-hydrogen) atoms. The Labute approximate surface area is 175 Å². The van der Waals surface area contributed by atoms with Gasteiger partial charge in [-0.1, -0.05) is 29.8 Å². The molecule has 0 saturated carbocycles. The number of imide groups is 1. The first-order valence-electron chi connectivity index (χ1n) is 10.1. The average molecular weight is 415 g/mol. The molecule has 6 heteroatoms. The fourth-order valence-corrected chi connectivity index (χ4v) is 4.50. The molecule has 0 spiro atoms. The number of nitrogens with one attached hydrogen (secondary N) is 1. The van der Waals surface area contributed by atoms with Crippen LogP contribution in [0.25, 0.3) is 0 Å². The van der Waals surface area contributed by atoms with Gasteiger partial charge in [-0.25, -0.2) is 4.39 Å². The van der Waals surface area contributed by atoms with Crippen molar-refractivity contribution in [1.82, 2.24) is 5.32 Å². The zero-order valence-electron chi connectivity index (χ0n) is 16.4. The van der Waals surface area contributed by atoms with Crippen molar-refractivity contribution in [2.24, 2.45) is 0 Å². The zero-order chi connectivity index (χ0) is 20.5. The second kappa shape index (κ2) is 8.15. The molecule has 1 atom stereocenters. The molecule has 0 aliphatic carbocycles. The van der Waals surface area contributed by atoms with E-state index < -0.39 is 5.92 Å². The van der Waals surface area contributed by atoms with E-state index in [4.69, 9.17) is 11.6 Å². The van der Waals surface area contributed by atoms with E-state index in [0.29, 0.717) is 23.6 Å². The maximum atomic E-state index is 14.9. The molecule has 2 heterocycles. The SMILES string of the molecule is Cc1cc(C2CCN(c3ccc(C4CCC(=O)NC4=O)cc3F)CC2)ccc1Cl. The number of hydrogen-bond acceptors (Lipinski definition) is 3. The van der Waals surface area contributed by atoms with Gasteiger partial charge in [0.2, 0.25) is 11.8 Å². The molecule has 0 aromatic heterocycles. The Morgan fingerprint density at radius 3 is 2.41 bits per heavy atom. The quantitative estimate of drug-likeness (QED) is 0.741. The number of benzene rings is 2. The molecule has 4 nitrogen and oxygen atoms in total. The lowest BCUT2D eigenvalue weighted by Crippen LogP contribution is -2.39. The molecule has 1 unspecified atom stereocenters. The number of halogens is 2. The fourth-order valence-electron chi connectivity index (χ4n) is 4.38. The van der Waals surface area contributed by atoms with E-state index in [9.17, 15) is 14.0 Å². The summed E-state index contributed by atoms with van der Waals surface area (Å²) in [4.78, 5) is 25.4. The molecular weight excluding hydrogens is 391 g/mol. The summed E-state index contributed by atoms with van der Waals surface area (Å²) in [6.45, 7) is 3.57. The minimum absolute atomic E-state index is 0.262. The molecule has 1 N–H and O–H groups in total. The van der Waals surface area contributed by atoms with Gasteiger partial charge in [0.1, 0.15) is 5.82 Å². The van der Waals surface area contributed by atoms with Crippen LogP contribution in [0.2, 0.25) is 5.02 Å². The Bertz CT molecular complexity index is 954. The maximum Gasteiger partial charge on any atom is 0.234 e. The molecule has 2 aromatic rings. The first kappa shape index (κ1) is 19.9. The van der Waals surface area contributed by atoms with Gasteiger partial charge < -0.3 is 4.90 Å². The van der Waals surface area contributed by atoms with Crippen molar-refractivity contribution >= 4 is 29.1 Å². The van der Waals surface area contributed by atoms with Crippen molar-refractivity contribution in [3.05, 3.63) is 63.9 Å². The van der Waals surface area contributed by atoms with Crippen LogP contribution in [0, 0.1) is 12.7 Å². The highest BCUT2D eigenvalue weighted by Crippen LogP contribution is 2.34. The minimum atomic E-state index is -0.463. The number of aryl methyl sites for hydroxylation is 1. The normalized spacial score (nSPS) is 20.7. The third kappa shape index (κ3) is 4.15. The average Bonchev–Trinajstić information content (AvgIpc) is 2.70. The van der Waals surface area contributed by atoms with Crippen molar-refractivity contribution in [1.29, 1.82) is 0 Å². The van der Waals surface area contributed by atoms with Crippen molar-refractivity contribution in [3.63, 3.8) is 0 Å². The summed E-state index contributed by atoms with van der Waals surface area (Å²) in [5, 5.41) is 3.12. The second-order valence-corrected chi connectivity index (χ2v) is 8.39. The highest BCUT2D eigenvalue weighted by molar-refractivity contribution is 6.31. The molecule has 2 amide bonds. The van der Waals surface area contributed by atoms with Gasteiger partial charge in [-0.15, -0.1) is 0 Å². The fraction of sp³-hybridized carbons (Fsp3) is 0.391. The number of carbonyl (C=O) groups is 2. The molecule has 0 radical (unpaired) electrons. The van der Waals surface area contributed by atoms with Gasteiger partial charge in [0.05, 0.1) is 11.6 Å². The molecule has 2 saturated heterocycles. The van der Waals surface area contributed by atoms with E-state index in [2.05, 4.69) is 22.3 Å². The van der Waals surface area contributed by atoms with E-state index >= 15 is 0 Å². The lowest BCUT2D eigenvalue weighted by Gasteiger charge is -2.34. The number of carbonyl (C=O) groups excluding carboxylic acids is 2. The van der Waals surface area contributed by atoms with E-state index in [1.807, 2.05) is 19.1 Å². The van der Waals surface area contributed by atoms with E-state index in [1.165, 1.54) is 11.6 Å². The molecule has 2 aliphatic rings. The van der Waals surface area contributed by atoms with E-state index in [1.54, 1.807) is 6.07 Å². The molecule has 2 fully saturated rings. The zero-order valence-corrected chi connectivity index (χ0v) is 17.1. The molecule has 2 aliphatic heterocycles. The predicted molar refractivity (Wildman–Crippen MR) is 112 cm³/mol. The molecule has 4 rings (SSSR count). The topological polar surface area (TPSA) is 49.4 Å². The van der Waals surface area contributed by atoms with Crippen LogP contribution in [0.1, 0.15) is 54.2 Å². The Balaban J connectivity index is 1.44. The van der Waals surface area contributed by atoms with Crippen molar-refractivity contribution in [2.45, 2.75) is 44.4 Å². The Hall–Kier alpha value is -2.40. The van der Waals surface area contributed by atoms with Crippen LogP contribution >= 0.6 is 11.6 Å². The molecule has 0 bridgehead atoms. The number of piperidine rings is 2. The Morgan fingerprint density at radius 2 is 1.76 bits per heavy atom. The summed E-state index contributed by atoms with van der Waals surface area (Å²) in [5.74, 6) is -0.925. The van der Waals surface area contributed by atoms with E-state index in [-0.39, 0.29) is 24.1 Å². The lowest BCUT2D eigenvalue weighted by molar-refractivity contribution is -0.134. The predicted octanol–water partition coefficient (Wildman–Crippen LogP) is 4.69. The van der Waals surface area contributed by atoms with Gasteiger partial charge in [-0.3, -0.25) is 14.9 Å². The highest BCUT2D eigenvalue weighted by Gasteiger charge is 2.29. The second-order valence-electron chi connectivity index (χ2n) is 7.98. The minimum Gasteiger partial charge on any atom is -0.369 e. The molecule has 2 aromatic carbocycles. The number of rotatable bonds is 3. The van der Waals surface area contributed by atoms with Crippen LogP contribution < -0.4 is 10.2 Å². The first-order chi connectivity index (χ1) is 13.9. The van der Waals surface area contributed by atoms with Crippen molar-refractivity contribution in [2.75, 3.05) is 18.0 Å². The van der Waals surface area contributed by atoms with Crippen LogP contribution in [-0.2, 0) is 9.59 Å². The van der Waals surface area contributed by atoms with Crippen molar-refractivity contribution in [3.8, 4) is 0 Å². The van der Waals surface area contributed by atoms with Gasteiger partial charge >= 0.3 is 0 Å². The third-order valence-corrected chi connectivity index (χ3v) is 6.53. The highest BCUT2D eigenvalue weighted by atomic mass is 35.5. The Morgan fingerprint density at radius 1 is 1.03 bits per heavy atom. The summed E-state index contributed by atoms with van der Waals surface area (Å²) < 4.78 is 14.9. The smallest absolute Gasteiger partial charge is 0.234 e. The van der Waals surface area contributed by atoms with Gasteiger partial charge in [0, 0.05) is 24.5 Å². The standard InChI is InChI=1S/C23H24ClFN2O2/c1-14-12-16(2-5-19(14)24)15-8-10-27(11-9-15)21-6-3-17(13-20(21)25)18-4-7-22(28)26-23(18)29/h2-3,5-6,12-13,15,18H,4,7-11H2,1H3,(H,26,28,29). The maximum absolute atomic E-state index is 14.9.